The molecule has 2 unspecified atom stereocenters. The molecule has 0 radical (unpaired) electrons. The van der Waals surface area contributed by atoms with Crippen LogP contribution in [0.1, 0.15) is 59.3 Å². The van der Waals surface area contributed by atoms with Crippen molar-refractivity contribution >= 4 is 11.9 Å². The normalized spacial score (nSPS) is 22.1. The van der Waals surface area contributed by atoms with Gasteiger partial charge < -0.3 is 9.84 Å². The van der Waals surface area contributed by atoms with E-state index in [9.17, 15) is 14.7 Å². The van der Waals surface area contributed by atoms with E-state index in [4.69, 9.17) is 4.74 Å². The van der Waals surface area contributed by atoms with Crippen LogP contribution in [0.5, 0.6) is 0 Å². The third-order valence-electron chi connectivity index (χ3n) is 4.08. The average molecular weight is 282 g/mol. The van der Waals surface area contributed by atoms with Crippen LogP contribution in [0.3, 0.4) is 0 Å². The fourth-order valence-electron chi connectivity index (χ4n) is 2.66. The van der Waals surface area contributed by atoms with E-state index in [1.807, 2.05) is 20.8 Å². The molecule has 4 nitrogen and oxygen atoms in total. The first-order valence-electron chi connectivity index (χ1n) is 7.72. The number of aliphatic carboxylic acids is 1. The van der Waals surface area contributed by atoms with Gasteiger partial charge in [-0.3, -0.25) is 9.59 Å². The summed E-state index contributed by atoms with van der Waals surface area (Å²) in [6.45, 7) is 5.49. The lowest BCUT2D eigenvalue weighted by Gasteiger charge is -2.27. The summed E-state index contributed by atoms with van der Waals surface area (Å²) in [6, 6.07) is 0. The zero-order valence-electron chi connectivity index (χ0n) is 12.7. The van der Waals surface area contributed by atoms with Crippen LogP contribution in [0.15, 0.2) is 0 Å². The summed E-state index contributed by atoms with van der Waals surface area (Å²) >= 11 is 0. The molecular weight excluding hydrogens is 256 g/mol. The predicted molar refractivity (Wildman–Crippen MR) is 75.1 cm³/mol. The number of hydrogen-bond acceptors (Lipinski definition) is 3. The van der Waals surface area contributed by atoms with Gasteiger partial charge in [0.2, 0.25) is 0 Å². The molecule has 0 aromatic heterocycles. The second kappa shape index (κ2) is 5.74. The van der Waals surface area contributed by atoms with Crippen LogP contribution < -0.4 is 0 Å². The van der Waals surface area contributed by atoms with Crippen molar-refractivity contribution in [1.29, 1.82) is 0 Å². The molecule has 0 aliphatic heterocycles. The smallest absolute Gasteiger partial charge is 0.310 e. The van der Waals surface area contributed by atoms with E-state index >= 15 is 0 Å². The number of carbonyl (C=O) groups excluding carboxylic acids is 1. The van der Waals surface area contributed by atoms with Crippen molar-refractivity contribution in [2.24, 2.45) is 23.7 Å². The first kappa shape index (κ1) is 15.3. The molecule has 1 N–H and O–H groups in total. The topological polar surface area (TPSA) is 63.6 Å². The molecule has 20 heavy (non-hydrogen) atoms. The van der Waals surface area contributed by atoms with Gasteiger partial charge in [0.25, 0.3) is 0 Å². The van der Waals surface area contributed by atoms with Gasteiger partial charge in [-0.2, -0.15) is 0 Å². The first-order valence-corrected chi connectivity index (χ1v) is 7.72. The largest absolute Gasteiger partial charge is 0.481 e. The number of esters is 1. The van der Waals surface area contributed by atoms with E-state index in [-0.39, 0.29) is 5.97 Å². The van der Waals surface area contributed by atoms with Crippen LogP contribution in [0.2, 0.25) is 0 Å². The van der Waals surface area contributed by atoms with Gasteiger partial charge >= 0.3 is 11.9 Å². The fourth-order valence-corrected chi connectivity index (χ4v) is 2.66. The molecule has 0 aromatic rings. The van der Waals surface area contributed by atoms with Gasteiger partial charge in [-0.15, -0.1) is 0 Å². The van der Waals surface area contributed by atoms with E-state index in [0.717, 1.165) is 25.7 Å². The number of rotatable bonds is 7. The van der Waals surface area contributed by atoms with Crippen molar-refractivity contribution in [1.82, 2.24) is 0 Å². The van der Waals surface area contributed by atoms with Gasteiger partial charge in [0.1, 0.15) is 5.60 Å². The highest BCUT2D eigenvalue weighted by atomic mass is 16.6. The van der Waals surface area contributed by atoms with Crippen molar-refractivity contribution in [2.45, 2.75) is 64.9 Å². The molecule has 2 rings (SSSR count). The third kappa shape index (κ3) is 4.80. The highest BCUT2D eigenvalue weighted by Gasteiger charge is 2.42. The van der Waals surface area contributed by atoms with Crippen LogP contribution in [-0.2, 0) is 14.3 Å². The van der Waals surface area contributed by atoms with E-state index in [1.165, 1.54) is 0 Å². The summed E-state index contributed by atoms with van der Waals surface area (Å²) in [5.74, 6) is -1.18. The highest BCUT2D eigenvalue weighted by molar-refractivity contribution is 5.81. The molecule has 0 heterocycles. The maximum Gasteiger partial charge on any atom is 0.310 e. The standard InChI is InChI=1S/C16H26O4/c1-16(2,3)20-15(19)13(9-11-6-7-11)12(14(17)18)8-10-4-5-10/h10-13H,4-9H2,1-3H3,(H,17,18). The van der Waals surface area contributed by atoms with Crippen LogP contribution in [0, 0.1) is 23.7 Å². The Morgan fingerprint density at radius 1 is 1.05 bits per heavy atom. The molecule has 0 aromatic carbocycles. The molecule has 2 fully saturated rings. The van der Waals surface area contributed by atoms with Crippen LogP contribution in [0.4, 0.5) is 0 Å². The predicted octanol–water partition coefficient (Wildman–Crippen LogP) is 3.25. The number of carboxylic acid groups (broad SMARTS) is 1. The van der Waals surface area contributed by atoms with Crippen LogP contribution >= 0.6 is 0 Å². The number of ether oxygens (including phenoxy) is 1. The second-order valence-corrected chi connectivity index (χ2v) is 7.44. The zero-order valence-corrected chi connectivity index (χ0v) is 12.7. The molecule has 2 aliphatic carbocycles. The Morgan fingerprint density at radius 3 is 1.85 bits per heavy atom. The summed E-state index contributed by atoms with van der Waals surface area (Å²) in [5, 5.41) is 9.49. The fraction of sp³-hybridized carbons (Fsp3) is 0.875. The van der Waals surface area contributed by atoms with E-state index in [2.05, 4.69) is 0 Å². The number of carbonyl (C=O) groups is 2. The first-order chi connectivity index (χ1) is 9.26. The minimum Gasteiger partial charge on any atom is -0.481 e. The molecule has 0 amide bonds. The van der Waals surface area contributed by atoms with E-state index in [1.54, 1.807) is 0 Å². The van der Waals surface area contributed by atoms with E-state index in [0.29, 0.717) is 24.7 Å². The lowest BCUT2D eigenvalue weighted by molar-refractivity contribution is -0.167. The maximum atomic E-state index is 12.4. The molecule has 2 aliphatic rings. The maximum absolute atomic E-state index is 12.4. The van der Waals surface area contributed by atoms with Gasteiger partial charge in [-0.05, 0) is 45.4 Å². The zero-order chi connectivity index (χ0) is 14.9. The minimum absolute atomic E-state index is 0.322. The Hall–Kier alpha value is -1.06. The summed E-state index contributed by atoms with van der Waals surface area (Å²) in [6.07, 6.45) is 5.76. The van der Waals surface area contributed by atoms with E-state index < -0.39 is 23.4 Å². The molecule has 0 spiro atoms. The van der Waals surface area contributed by atoms with Crippen molar-refractivity contribution in [3.8, 4) is 0 Å². The van der Waals surface area contributed by atoms with Crippen molar-refractivity contribution in [3.05, 3.63) is 0 Å². The van der Waals surface area contributed by atoms with Crippen molar-refractivity contribution in [2.75, 3.05) is 0 Å². The van der Waals surface area contributed by atoms with Gasteiger partial charge in [-0.25, -0.2) is 0 Å². The average Bonchev–Trinajstić information content (AvgIpc) is 3.15. The highest BCUT2D eigenvalue weighted by Crippen LogP contribution is 2.43. The Bertz CT molecular complexity index is 374. The Labute approximate surface area is 120 Å². The summed E-state index contributed by atoms with van der Waals surface area (Å²) < 4.78 is 5.46. The lowest BCUT2D eigenvalue weighted by atomic mass is 9.84. The molecular formula is C16H26O4. The molecule has 0 bridgehead atoms. The van der Waals surface area contributed by atoms with Crippen molar-refractivity contribution < 1.29 is 19.4 Å². The second-order valence-electron chi connectivity index (χ2n) is 7.44. The molecule has 2 saturated carbocycles. The van der Waals surface area contributed by atoms with Crippen molar-refractivity contribution in [3.63, 3.8) is 0 Å². The molecule has 4 heteroatoms. The Balaban J connectivity index is 2.06. The third-order valence-corrected chi connectivity index (χ3v) is 4.08. The summed E-state index contributed by atoms with van der Waals surface area (Å²) in [4.78, 5) is 24.0. The minimum atomic E-state index is -0.839. The summed E-state index contributed by atoms with van der Waals surface area (Å²) in [5.41, 5.74) is -0.554. The van der Waals surface area contributed by atoms with Gasteiger partial charge in [0, 0.05) is 0 Å². The van der Waals surface area contributed by atoms with Crippen LogP contribution in [0.25, 0.3) is 0 Å². The monoisotopic (exact) mass is 282 g/mol. The quantitative estimate of drug-likeness (QED) is 0.728. The Morgan fingerprint density at radius 2 is 1.50 bits per heavy atom. The van der Waals surface area contributed by atoms with Gasteiger partial charge in [-0.1, -0.05) is 25.7 Å². The number of carboxylic acids is 1. The van der Waals surface area contributed by atoms with Gasteiger partial charge in [0.05, 0.1) is 11.8 Å². The van der Waals surface area contributed by atoms with Gasteiger partial charge in [0.15, 0.2) is 0 Å². The summed E-state index contributed by atoms with van der Waals surface area (Å²) in [7, 11) is 0. The number of hydrogen-bond donors (Lipinski definition) is 1. The molecule has 2 atom stereocenters. The SMILES string of the molecule is CC(C)(C)OC(=O)C(CC1CC1)C(CC1CC1)C(=O)O. The molecule has 114 valence electrons. The Kier molecular flexibility index (Phi) is 4.40. The lowest BCUT2D eigenvalue weighted by Crippen LogP contribution is -2.36. The van der Waals surface area contributed by atoms with Crippen LogP contribution in [-0.4, -0.2) is 22.6 Å². The molecule has 0 saturated heterocycles.